The van der Waals surface area contributed by atoms with E-state index in [0.717, 1.165) is 11.1 Å². The van der Waals surface area contributed by atoms with E-state index in [4.69, 9.17) is 4.99 Å². The van der Waals surface area contributed by atoms with Crippen LogP contribution in [0.3, 0.4) is 0 Å². The first-order valence-electron chi connectivity index (χ1n) is 8.81. The Morgan fingerprint density at radius 1 is 1.04 bits per heavy atom. The zero-order chi connectivity index (χ0) is 19.9. The lowest BCUT2D eigenvalue weighted by molar-refractivity contribution is 0.449. The third-order valence-corrected chi connectivity index (χ3v) is 5.08. The lowest BCUT2D eigenvalue weighted by Gasteiger charge is -2.31. The predicted octanol–water partition coefficient (Wildman–Crippen LogP) is 2.74. The van der Waals surface area contributed by atoms with E-state index in [2.05, 4.69) is 10.3 Å². The normalized spacial score (nSPS) is 21.3. The smallest absolute Gasteiger partial charge is 0.250 e. The van der Waals surface area contributed by atoms with Gasteiger partial charge in [0, 0.05) is 36.6 Å². The van der Waals surface area contributed by atoms with Crippen LogP contribution >= 0.6 is 0 Å². The number of aliphatic imine (C=N–C) groups is 1. The molecule has 5 nitrogen and oxygen atoms in total. The van der Waals surface area contributed by atoms with Crippen molar-refractivity contribution < 1.29 is 8.78 Å². The molecule has 4 rings (SSSR count). The zero-order valence-electron chi connectivity index (χ0n) is 15.4. The number of aryl methyl sites for hydroxylation is 1. The largest absolute Gasteiger partial charge is 0.364 e. The van der Waals surface area contributed by atoms with E-state index in [-0.39, 0.29) is 17.4 Å². The molecule has 142 valence electrons. The lowest BCUT2D eigenvalue weighted by Crippen LogP contribution is -2.41. The van der Waals surface area contributed by atoms with Crippen molar-refractivity contribution in [3.63, 3.8) is 0 Å². The molecule has 0 unspecified atom stereocenters. The van der Waals surface area contributed by atoms with Gasteiger partial charge in [0.05, 0.1) is 6.04 Å². The topological polar surface area (TPSA) is 59.3 Å². The average molecular weight is 380 g/mol. The number of nitrogens with one attached hydrogen (secondary N) is 1. The van der Waals surface area contributed by atoms with Gasteiger partial charge >= 0.3 is 0 Å². The summed E-state index contributed by atoms with van der Waals surface area (Å²) in [7, 11) is 1.67. The summed E-state index contributed by atoms with van der Waals surface area (Å²) in [5.74, 6) is -0.340. The maximum atomic E-state index is 13.5. The number of hydrogen-bond donors (Lipinski definition) is 1. The number of amidine groups is 1. The van der Waals surface area contributed by atoms with Crippen LogP contribution in [0.15, 0.2) is 70.7 Å². The van der Waals surface area contributed by atoms with E-state index in [1.54, 1.807) is 37.5 Å². The van der Waals surface area contributed by atoms with E-state index in [0.29, 0.717) is 11.4 Å². The summed E-state index contributed by atoms with van der Waals surface area (Å²) in [6.45, 7) is 1.95. The van der Waals surface area contributed by atoms with Gasteiger partial charge in [-0.3, -0.25) is 4.79 Å². The van der Waals surface area contributed by atoms with Crippen LogP contribution in [0.1, 0.15) is 23.6 Å². The molecule has 0 amide bonds. The highest BCUT2D eigenvalue weighted by molar-refractivity contribution is 6.00. The Kier molecular flexibility index (Phi) is 4.30. The number of benzene rings is 1. The molecule has 28 heavy (non-hydrogen) atoms. The molecular weight excluding hydrogens is 362 g/mol. The van der Waals surface area contributed by atoms with Gasteiger partial charge in [0.2, 0.25) is 11.5 Å². The lowest BCUT2D eigenvalue weighted by atomic mass is 9.79. The fraction of sp³-hybridized carbons (Fsp3) is 0.190. The van der Waals surface area contributed by atoms with Crippen molar-refractivity contribution in [1.82, 2.24) is 14.9 Å². The Bertz CT molecular complexity index is 1060. The minimum atomic E-state index is -0.918. The molecule has 2 atom stereocenters. The highest BCUT2D eigenvalue weighted by Crippen LogP contribution is 2.40. The highest BCUT2D eigenvalue weighted by atomic mass is 19.1. The molecule has 3 aromatic rings. The van der Waals surface area contributed by atoms with E-state index in [1.807, 2.05) is 6.92 Å². The van der Waals surface area contributed by atoms with Crippen LogP contribution in [-0.2, 0) is 12.6 Å². The van der Waals surface area contributed by atoms with Crippen molar-refractivity contribution in [2.24, 2.45) is 12.0 Å². The van der Waals surface area contributed by atoms with E-state index >= 15 is 0 Å². The second-order valence-corrected chi connectivity index (χ2v) is 6.84. The van der Waals surface area contributed by atoms with Gasteiger partial charge in [0.15, 0.2) is 0 Å². The second-order valence-electron chi connectivity index (χ2n) is 6.84. The van der Waals surface area contributed by atoms with Crippen molar-refractivity contribution >= 4 is 5.84 Å². The van der Waals surface area contributed by atoms with Gasteiger partial charge in [-0.2, -0.15) is 4.39 Å². The van der Waals surface area contributed by atoms with Crippen LogP contribution in [0.4, 0.5) is 8.78 Å². The summed E-state index contributed by atoms with van der Waals surface area (Å²) < 4.78 is 28.4. The molecule has 1 aromatic carbocycles. The molecule has 0 radical (unpaired) electrons. The minimum Gasteiger partial charge on any atom is -0.364 e. The second kappa shape index (κ2) is 6.67. The summed E-state index contributed by atoms with van der Waals surface area (Å²) in [5.41, 5.74) is 1.14. The van der Waals surface area contributed by atoms with Crippen LogP contribution in [0.5, 0.6) is 0 Å². The van der Waals surface area contributed by atoms with E-state index < -0.39 is 11.5 Å². The summed E-state index contributed by atoms with van der Waals surface area (Å²) >= 11 is 0. The van der Waals surface area contributed by atoms with Crippen molar-refractivity contribution in [2.75, 3.05) is 0 Å². The molecule has 1 aliphatic rings. The predicted molar refractivity (Wildman–Crippen MR) is 102 cm³/mol. The molecule has 0 saturated carbocycles. The molecule has 2 aromatic heterocycles. The number of hydrogen-bond acceptors (Lipinski definition) is 4. The molecule has 0 aliphatic carbocycles. The Labute approximate surface area is 160 Å². The third-order valence-electron chi connectivity index (χ3n) is 5.08. The number of pyridine rings is 2. The molecule has 0 spiro atoms. The van der Waals surface area contributed by atoms with Crippen molar-refractivity contribution in [3.8, 4) is 0 Å². The van der Waals surface area contributed by atoms with Crippen LogP contribution < -0.4 is 10.9 Å². The first-order valence-corrected chi connectivity index (χ1v) is 8.81. The van der Waals surface area contributed by atoms with Gasteiger partial charge in [0.25, 0.3) is 0 Å². The number of rotatable bonds is 3. The summed E-state index contributed by atoms with van der Waals surface area (Å²) in [6, 6.07) is 12.0. The van der Waals surface area contributed by atoms with E-state index in [1.165, 1.54) is 35.0 Å². The number of nitrogens with zero attached hydrogens (tertiary/aromatic N) is 3. The summed E-state index contributed by atoms with van der Waals surface area (Å²) in [5, 5.41) is 3.35. The van der Waals surface area contributed by atoms with Crippen LogP contribution in [0.2, 0.25) is 0 Å². The van der Waals surface area contributed by atoms with Gasteiger partial charge in [0.1, 0.15) is 17.2 Å². The summed E-state index contributed by atoms with van der Waals surface area (Å²) in [6.07, 6.45) is 3.15. The van der Waals surface area contributed by atoms with Gasteiger partial charge < -0.3 is 9.88 Å². The number of halogens is 2. The average Bonchev–Trinajstić information content (AvgIpc) is 3.03. The molecular formula is C21H18F2N4O. The number of aromatic nitrogens is 2. The Balaban J connectivity index is 1.92. The maximum absolute atomic E-state index is 13.5. The van der Waals surface area contributed by atoms with Gasteiger partial charge in [-0.05, 0) is 36.8 Å². The monoisotopic (exact) mass is 380 g/mol. The van der Waals surface area contributed by atoms with E-state index in [9.17, 15) is 13.6 Å². The quantitative estimate of drug-likeness (QED) is 0.711. The highest BCUT2D eigenvalue weighted by Gasteiger charge is 2.45. The fourth-order valence-corrected chi connectivity index (χ4v) is 3.60. The maximum Gasteiger partial charge on any atom is 0.250 e. The molecule has 1 aliphatic heterocycles. The molecule has 1 N–H and O–H groups in total. The first-order chi connectivity index (χ1) is 13.4. The van der Waals surface area contributed by atoms with Crippen LogP contribution in [0, 0.1) is 11.8 Å². The van der Waals surface area contributed by atoms with Crippen molar-refractivity contribution in [2.45, 2.75) is 18.5 Å². The fourth-order valence-electron chi connectivity index (χ4n) is 3.60. The SMILES string of the molecule is C[C@@H]1NC(c2ccc(=O)n(C)c2)=N[C@@]1(c1ccc(F)cc1)c1ccc(F)nc1. The van der Waals surface area contributed by atoms with Gasteiger partial charge in [-0.15, -0.1) is 0 Å². The Hall–Kier alpha value is -3.35. The minimum absolute atomic E-state index is 0.122. The molecule has 7 heteroatoms. The van der Waals surface area contributed by atoms with Crippen molar-refractivity contribution in [3.05, 3.63) is 99.7 Å². The Morgan fingerprint density at radius 3 is 2.39 bits per heavy atom. The van der Waals surface area contributed by atoms with Crippen LogP contribution in [-0.4, -0.2) is 21.4 Å². The first kappa shape index (κ1) is 18.0. The van der Waals surface area contributed by atoms with Crippen molar-refractivity contribution in [1.29, 1.82) is 0 Å². The standard InChI is InChI=1S/C21H18F2N4O/c1-13-21(15-4-7-17(22)8-5-15,16-6-9-18(23)24-11-16)26-20(25-13)14-3-10-19(28)27(2)12-14/h3-13H,1-2H3,(H,25,26)/t13-,21-/m0/s1. The van der Waals surface area contributed by atoms with Gasteiger partial charge in [-0.1, -0.05) is 18.2 Å². The Morgan fingerprint density at radius 2 is 1.75 bits per heavy atom. The van der Waals surface area contributed by atoms with Gasteiger partial charge in [-0.25, -0.2) is 14.4 Å². The molecule has 3 heterocycles. The third kappa shape index (κ3) is 2.89. The van der Waals surface area contributed by atoms with Crippen LogP contribution in [0.25, 0.3) is 0 Å². The molecule has 0 fully saturated rings. The summed E-state index contributed by atoms with van der Waals surface area (Å²) in [4.78, 5) is 20.4. The molecule has 0 saturated heterocycles. The molecule has 0 bridgehead atoms. The zero-order valence-corrected chi connectivity index (χ0v) is 15.4.